The summed E-state index contributed by atoms with van der Waals surface area (Å²) in [4.78, 5) is 0. The fourth-order valence-electron chi connectivity index (χ4n) is 0.431. The second-order valence-electron chi connectivity index (χ2n) is 1.62. The molecule has 5 heteroatoms. The van der Waals surface area contributed by atoms with E-state index >= 15 is 0 Å². The molecular formula is C5H18N2O2S. The van der Waals surface area contributed by atoms with E-state index in [4.69, 9.17) is 5.73 Å². The number of nitrogens with two attached hydrogens (primary N) is 1. The first kappa shape index (κ1) is 16.6. The lowest BCUT2D eigenvalue weighted by Crippen LogP contribution is -2.20. The first-order valence-corrected chi connectivity index (χ1v) is 3.56. The van der Waals surface area contributed by atoms with Crippen LogP contribution in [0.3, 0.4) is 0 Å². The van der Waals surface area contributed by atoms with Crippen molar-refractivity contribution >= 4 is 12.6 Å². The average Bonchev–Trinajstić information content (AvgIpc) is 1.81. The molecule has 0 amide bonds. The van der Waals surface area contributed by atoms with Crippen LogP contribution in [0.15, 0.2) is 0 Å². The molecule has 0 aliphatic heterocycles. The first-order chi connectivity index (χ1) is 3.91. The van der Waals surface area contributed by atoms with Crippen molar-refractivity contribution in [2.45, 2.75) is 6.42 Å². The van der Waals surface area contributed by atoms with E-state index in [1.807, 2.05) is 0 Å². The standard InChI is InChI=1S/C5H14N2S.2H2O/c6-2-1-3-7-4-5-8;;/h7-8H,1-6H2;2*1H2. The van der Waals surface area contributed by atoms with Crippen molar-refractivity contribution in [1.29, 1.82) is 0 Å². The highest BCUT2D eigenvalue weighted by atomic mass is 32.1. The van der Waals surface area contributed by atoms with Gasteiger partial charge in [-0.15, -0.1) is 0 Å². The first-order valence-electron chi connectivity index (χ1n) is 2.93. The van der Waals surface area contributed by atoms with E-state index < -0.39 is 0 Å². The van der Waals surface area contributed by atoms with E-state index in [0.29, 0.717) is 0 Å². The van der Waals surface area contributed by atoms with Gasteiger partial charge in [0.15, 0.2) is 0 Å². The largest absolute Gasteiger partial charge is 0.412 e. The molecule has 0 rings (SSSR count). The van der Waals surface area contributed by atoms with Crippen molar-refractivity contribution in [2.24, 2.45) is 5.73 Å². The van der Waals surface area contributed by atoms with E-state index in [1.165, 1.54) is 0 Å². The highest BCUT2D eigenvalue weighted by molar-refractivity contribution is 7.80. The van der Waals surface area contributed by atoms with Crippen LogP contribution in [0.4, 0.5) is 0 Å². The summed E-state index contributed by atoms with van der Waals surface area (Å²) in [5, 5.41) is 3.18. The van der Waals surface area contributed by atoms with Gasteiger partial charge in [0.2, 0.25) is 0 Å². The highest BCUT2D eigenvalue weighted by Crippen LogP contribution is 1.71. The van der Waals surface area contributed by atoms with Crippen LogP contribution in [0.1, 0.15) is 6.42 Å². The molecule has 0 aromatic rings. The number of thiol groups is 1. The molecule has 0 unspecified atom stereocenters. The van der Waals surface area contributed by atoms with Crippen LogP contribution in [0.2, 0.25) is 0 Å². The Balaban J connectivity index is -0.000000245. The fourth-order valence-corrected chi connectivity index (χ4v) is 0.589. The highest BCUT2D eigenvalue weighted by Gasteiger charge is 1.80. The summed E-state index contributed by atoms with van der Waals surface area (Å²) in [7, 11) is 0. The third kappa shape index (κ3) is 15.7. The minimum Gasteiger partial charge on any atom is -0.412 e. The summed E-state index contributed by atoms with van der Waals surface area (Å²) in [5.41, 5.74) is 5.25. The Hall–Kier alpha value is 0.190. The molecule has 0 aromatic heterocycles. The molecule has 7 N–H and O–H groups in total. The number of hydrogen-bond donors (Lipinski definition) is 3. The van der Waals surface area contributed by atoms with Crippen LogP contribution in [-0.4, -0.2) is 36.3 Å². The zero-order chi connectivity index (χ0) is 6.24. The summed E-state index contributed by atoms with van der Waals surface area (Å²) in [6, 6.07) is 0. The molecule has 0 heterocycles. The fraction of sp³-hybridized carbons (Fsp3) is 1.00. The topological polar surface area (TPSA) is 101 Å². The molecule has 0 bridgehead atoms. The Kier molecular flexibility index (Phi) is 26.8. The zero-order valence-electron chi connectivity index (χ0n) is 6.06. The van der Waals surface area contributed by atoms with Gasteiger partial charge in [0.05, 0.1) is 0 Å². The molecule has 10 heavy (non-hydrogen) atoms. The van der Waals surface area contributed by atoms with Gasteiger partial charge in [0, 0.05) is 12.3 Å². The maximum atomic E-state index is 5.25. The van der Waals surface area contributed by atoms with Crippen LogP contribution in [0.5, 0.6) is 0 Å². The van der Waals surface area contributed by atoms with Crippen LogP contribution in [0.25, 0.3) is 0 Å². The minimum atomic E-state index is 0. The Morgan fingerprint density at radius 1 is 1.20 bits per heavy atom. The van der Waals surface area contributed by atoms with Crippen LogP contribution in [-0.2, 0) is 0 Å². The molecule has 0 radical (unpaired) electrons. The van der Waals surface area contributed by atoms with Gasteiger partial charge in [-0.1, -0.05) is 0 Å². The smallest absolute Gasteiger partial charge is 0.00397 e. The van der Waals surface area contributed by atoms with Gasteiger partial charge in [-0.25, -0.2) is 0 Å². The van der Waals surface area contributed by atoms with Crippen molar-refractivity contribution in [2.75, 3.05) is 25.4 Å². The maximum absolute atomic E-state index is 5.25. The minimum absolute atomic E-state index is 0. The molecule has 0 aliphatic rings. The summed E-state index contributed by atoms with van der Waals surface area (Å²) < 4.78 is 0. The second-order valence-corrected chi connectivity index (χ2v) is 2.06. The summed E-state index contributed by atoms with van der Waals surface area (Å²) in [6.45, 7) is 2.79. The normalized spacial score (nSPS) is 7.80. The molecule has 0 saturated carbocycles. The van der Waals surface area contributed by atoms with Gasteiger partial charge in [0.25, 0.3) is 0 Å². The van der Waals surface area contributed by atoms with E-state index in [2.05, 4.69) is 17.9 Å². The van der Waals surface area contributed by atoms with Crippen molar-refractivity contribution < 1.29 is 11.0 Å². The summed E-state index contributed by atoms with van der Waals surface area (Å²) >= 11 is 4.03. The molecule has 66 valence electrons. The molecule has 0 aliphatic carbocycles. The Morgan fingerprint density at radius 2 is 1.80 bits per heavy atom. The Morgan fingerprint density at radius 3 is 2.20 bits per heavy atom. The SMILES string of the molecule is NCCCNCCS.O.O. The van der Waals surface area contributed by atoms with Gasteiger partial charge in [0.1, 0.15) is 0 Å². The predicted molar refractivity (Wildman–Crippen MR) is 47.6 cm³/mol. The van der Waals surface area contributed by atoms with Gasteiger partial charge >= 0.3 is 0 Å². The second kappa shape index (κ2) is 16.1. The maximum Gasteiger partial charge on any atom is 0.00397 e. The van der Waals surface area contributed by atoms with Crippen molar-refractivity contribution in [1.82, 2.24) is 5.32 Å². The lowest BCUT2D eigenvalue weighted by atomic mass is 10.4. The van der Waals surface area contributed by atoms with Crippen LogP contribution in [0, 0.1) is 0 Å². The van der Waals surface area contributed by atoms with E-state index in [-0.39, 0.29) is 11.0 Å². The molecule has 0 saturated heterocycles. The van der Waals surface area contributed by atoms with E-state index in [1.54, 1.807) is 0 Å². The summed E-state index contributed by atoms with van der Waals surface area (Å²) in [6.07, 6.45) is 1.06. The molecule has 4 nitrogen and oxygen atoms in total. The molecule has 0 spiro atoms. The molecular weight excluding hydrogens is 152 g/mol. The predicted octanol–water partition coefficient (Wildman–Crippen LogP) is -1.79. The number of hydrogen-bond acceptors (Lipinski definition) is 3. The van der Waals surface area contributed by atoms with E-state index in [0.717, 1.165) is 31.8 Å². The van der Waals surface area contributed by atoms with Crippen molar-refractivity contribution in [3.8, 4) is 0 Å². The van der Waals surface area contributed by atoms with Gasteiger partial charge < -0.3 is 22.0 Å². The van der Waals surface area contributed by atoms with Crippen molar-refractivity contribution in [3.05, 3.63) is 0 Å². The van der Waals surface area contributed by atoms with Gasteiger partial charge in [-0.05, 0) is 19.5 Å². The third-order valence-electron chi connectivity index (χ3n) is 0.846. The molecule has 0 atom stereocenters. The third-order valence-corrected chi connectivity index (χ3v) is 1.07. The lowest BCUT2D eigenvalue weighted by molar-refractivity contribution is 0.683. The van der Waals surface area contributed by atoms with Gasteiger partial charge in [-0.2, -0.15) is 12.6 Å². The van der Waals surface area contributed by atoms with Crippen molar-refractivity contribution in [3.63, 3.8) is 0 Å². The quantitative estimate of drug-likeness (QED) is 0.335. The number of rotatable bonds is 5. The Bertz CT molecular complexity index is 42.6. The van der Waals surface area contributed by atoms with Crippen LogP contribution >= 0.6 is 12.6 Å². The van der Waals surface area contributed by atoms with Crippen LogP contribution < -0.4 is 11.1 Å². The molecule has 0 aromatic carbocycles. The van der Waals surface area contributed by atoms with E-state index in [9.17, 15) is 0 Å². The zero-order valence-corrected chi connectivity index (χ0v) is 6.95. The number of nitrogens with one attached hydrogen (secondary N) is 1. The van der Waals surface area contributed by atoms with Gasteiger partial charge in [-0.3, -0.25) is 0 Å². The average molecular weight is 170 g/mol. The molecule has 0 fully saturated rings. The Labute approximate surface area is 67.2 Å². The monoisotopic (exact) mass is 170 g/mol. The summed E-state index contributed by atoms with van der Waals surface area (Å²) in [5.74, 6) is 0.907. The lowest BCUT2D eigenvalue weighted by Gasteiger charge is -1.97.